The van der Waals surface area contributed by atoms with Crippen molar-refractivity contribution in [1.82, 2.24) is 0 Å². The standard InChI is InChI=1S/C36H28FNO3/c1-21(2)22-11-13-24(14-12-22)31-32(33(39)25-15-18-26(37)19-16-25)38-29-10-6-3-7-23(29)17-20-30(38)36(31)34(40)27-8-4-5-9-28(27)35(36)41/h3-21,30-32H,1-2H3/t30-,31+,32-/m1/s1. The number of anilines is 1. The molecule has 1 fully saturated rings. The first-order valence-electron chi connectivity index (χ1n) is 14.0. The third-order valence-corrected chi connectivity index (χ3v) is 9.07. The average molecular weight is 542 g/mol. The molecule has 0 unspecified atom stereocenters. The van der Waals surface area contributed by atoms with Gasteiger partial charge in [-0.25, -0.2) is 4.39 Å². The summed E-state index contributed by atoms with van der Waals surface area (Å²) in [5.74, 6) is -1.71. The molecule has 41 heavy (non-hydrogen) atoms. The Kier molecular flexibility index (Phi) is 5.69. The zero-order chi connectivity index (χ0) is 28.5. The van der Waals surface area contributed by atoms with E-state index >= 15 is 0 Å². The summed E-state index contributed by atoms with van der Waals surface area (Å²) >= 11 is 0. The first kappa shape index (κ1) is 25.3. The molecule has 1 spiro atoms. The molecule has 202 valence electrons. The van der Waals surface area contributed by atoms with E-state index in [0.29, 0.717) is 22.6 Å². The van der Waals surface area contributed by atoms with Crippen LogP contribution in [0.25, 0.3) is 6.08 Å². The topological polar surface area (TPSA) is 54.5 Å². The lowest BCUT2D eigenvalue weighted by atomic mass is 9.64. The van der Waals surface area contributed by atoms with Crippen LogP contribution in [0.3, 0.4) is 0 Å². The molecule has 0 amide bonds. The van der Waals surface area contributed by atoms with Crippen LogP contribution in [0.5, 0.6) is 0 Å². The van der Waals surface area contributed by atoms with Crippen molar-refractivity contribution in [1.29, 1.82) is 0 Å². The molecule has 1 saturated heterocycles. The quantitative estimate of drug-likeness (QED) is 0.202. The van der Waals surface area contributed by atoms with Gasteiger partial charge in [-0.15, -0.1) is 0 Å². The molecule has 4 aromatic rings. The molecule has 0 aromatic heterocycles. The van der Waals surface area contributed by atoms with E-state index in [1.807, 2.05) is 65.6 Å². The molecule has 2 heterocycles. The maximum absolute atomic E-state index is 14.7. The highest BCUT2D eigenvalue weighted by atomic mass is 19.1. The zero-order valence-corrected chi connectivity index (χ0v) is 22.8. The summed E-state index contributed by atoms with van der Waals surface area (Å²) in [6.45, 7) is 4.21. The lowest BCUT2D eigenvalue weighted by Crippen LogP contribution is -2.48. The number of carbonyl (C=O) groups is 3. The van der Waals surface area contributed by atoms with Crippen molar-refractivity contribution in [3.8, 4) is 0 Å². The van der Waals surface area contributed by atoms with E-state index in [9.17, 15) is 18.8 Å². The maximum atomic E-state index is 14.7. The van der Waals surface area contributed by atoms with E-state index in [1.165, 1.54) is 24.3 Å². The van der Waals surface area contributed by atoms with E-state index < -0.39 is 29.2 Å². The lowest BCUT2D eigenvalue weighted by Gasteiger charge is -2.37. The van der Waals surface area contributed by atoms with Crippen LogP contribution in [-0.2, 0) is 0 Å². The Hall–Kier alpha value is -4.64. The largest absolute Gasteiger partial charge is 0.352 e. The van der Waals surface area contributed by atoms with Crippen molar-refractivity contribution in [2.24, 2.45) is 5.41 Å². The van der Waals surface area contributed by atoms with Crippen LogP contribution in [0.1, 0.15) is 73.4 Å². The van der Waals surface area contributed by atoms with Gasteiger partial charge >= 0.3 is 0 Å². The second-order valence-electron chi connectivity index (χ2n) is 11.5. The molecule has 3 atom stereocenters. The second-order valence-corrected chi connectivity index (χ2v) is 11.5. The number of hydrogen-bond acceptors (Lipinski definition) is 4. The first-order chi connectivity index (χ1) is 19.8. The van der Waals surface area contributed by atoms with E-state index in [-0.39, 0.29) is 17.3 Å². The van der Waals surface area contributed by atoms with Crippen LogP contribution in [-0.4, -0.2) is 29.4 Å². The highest BCUT2D eigenvalue weighted by Gasteiger charge is 2.71. The third kappa shape index (κ3) is 3.48. The average Bonchev–Trinajstić information content (AvgIpc) is 3.43. The Labute approximate surface area is 238 Å². The zero-order valence-electron chi connectivity index (χ0n) is 22.8. The van der Waals surface area contributed by atoms with E-state index in [0.717, 1.165) is 22.4 Å². The molecule has 2 aliphatic heterocycles. The molecule has 4 nitrogen and oxygen atoms in total. The van der Waals surface area contributed by atoms with Gasteiger partial charge in [-0.2, -0.15) is 0 Å². The molecule has 0 N–H and O–H groups in total. The van der Waals surface area contributed by atoms with Crippen LogP contribution >= 0.6 is 0 Å². The monoisotopic (exact) mass is 541 g/mol. The van der Waals surface area contributed by atoms with Gasteiger partial charge in [0.25, 0.3) is 0 Å². The van der Waals surface area contributed by atoms with Gasteiger partial charge in [0.05, 0.1) is 6.04 Å². The van der Waals surface area contributed by atoms with Crippen LogP contribution in [0.2, 0.25) is 0 Å². The first-order valence-corrected chi connectivity index (χ1v) is 14.0. The number of nitrogens with zero attached hydrogens (tertiary/aromatic N) is 1. The van der Waals surface area contributed by atoms with Crippen molar-refractivity contribution in [3.05, 3.63) is 142 Å². The third-order valence-electron chi connectivity index (χ3n) is 9.07. The van der Waals surface area contributed by atoms with Gasteiger partial charge in [0.1, 0.15) is 17.3 Å². The summed E-state index contributed by atoms with van der Waals surface area (Å²) in [7, 11) is 0. The van der Waals surface area contributed by atoms with Gasteiger partial charge in [-0.05, 0) is 52.9 Å². The number of fused-ring (bicyclic) bond motifs is 5. The normalized spacial score (nSPS) is 21.8. The summed E-state index contributed by atoms with van der Waals surface area (Å²) in [5.41, 5.74) is 3.14. The number of hydrogen-bond donors (Lipinski definition) is 0. The van der Waals surface area contributed by atoms with Crippen LogP contribution in [0.4, 0.5) is 10.1 Å². The Balaban J connectivity index is 1.53. The minimum atomic E-state index is -1.55. The number of ketones is 3. The number of carbonyl (C=O) groups excluding carboxylic acids is 3. The van der Waals surface area contributed by atoms with Gasteiger partial charge in [0.2, 0.25) is 0 Å². The van der Waals surface area contributed by atoms with E-state index in [1.54, 1.807) is 24.3 Å². The number of rotatable bonds is 4. The van der Waals surface area contributed by atoms with E-state index in [4.69, 9.17) is 0 Å². The lowest BCUT2D eigenvalue weighted by molar-refractivity contribution is 0.0666. The summed E-state index contributed by atoms with van der Waals surface area (Å²) in [6, 6.07) is 26.6. The molecule has 0 saturated carbocycles. The Morgan fingerprint density at radius 3 is 2.05 bits per heavy atom. The Morgan fingerprint density at radius 1 is 0.805 bits per heavy atom. The molecular formula is C36H28FNO3. The number of Topliss-reactive ketones (excluding diaryl/α,β-unsaturated/α-hetero) is 3. The molecule has 7 rings (SSSR count). The number of benzene rings is 4. The molecule has 3 aliphatic rings. The smallest absolute Gasteiger partial charge is 0.185 e. The van der Waals surface area contributed by atoms with E-state index in [2.05, 4.69) is 13.8 Å². The maximum Gasteiger partial charge on any atom is 0.185 e. The van der Waals surface area contributed by atoms with Crippen molar-refractivity contribution in [3.63, 3.8) is 0 Å². The molecule has 0 bridgehead atoms. The number of halogens is 1. The van der Waals surface area contributed by atoms with Crippen molar-refractivity contribution >= 4 is 29.1 Å². The highest BCUT2D eigenvalue weighted by Crippen LogP contribution is 2.61. The van der Waals surface area contributed by atoms with Gasteiger partial charge < -0.3 is 4.90 Å². The van der Waals surface area contributed by atoms with Crippen molar-refractivity contribution in [2.45, 2.75) is 37.8 Å². The van der Waals surface area contributed by atoms with Crippen LogP contribution in [0.15, 0.2) is 103 Å². The fourth-order valence-corrected chi connectivity index (χ4v) is 7.16. The van der Waals surface area contributed by atoms with Gasteiger partial charge in [0, 0.05) is 28.3 Å². The number of para-hydroxylation sites is 1. The fourth-order valence-electron chi connectivity index (χ4n) is 7.16. The van der Waals surface area contributed by atoms with Gasteiger partial charge in [-0.1, -0.05) is 92.7 Å². The molecule has 5 heteroatoms. The van der Waals surface area contributed by atoms with Crippen molar-refractivity contribution in [2.75, 3.05) is 4.90 Å². The summed E-state index contributed by atoms with van der Waals surface area (Å²) in [6.07, 6.45) is 3.86. The van der Waals surface area contributed by atoms with Crippen molar-refractivity contribution < 1.29 is 18.8 Å². The Bertz CT molecular complexity index is 1720. The summed E-state index contributed by atoms with van der Waals surface area (Å²) in [4.78, 5) is 45.9. The predicted molar refractivity (Wildman–Crippen MR) is 157 cm³/mol. The summed E-state index contributed by atoms with van der Waals surface area (Å²) < 4.78 is 13.9. The Morgan fingerprint density at radius 2 is 1.41 bits per heavy atom. The van der Waals surface area contributed by atoms with Crippen LogP contribution in [0, 0.1) is 11.2 Å². The second kappa shape index (κ2) is 9.20. The molecule has 0 radical (unpaired) electrons. The SMILES string of the molecule is CC(C)c1ccc([C@H]2[C@H](C(=O)c3ccc(F)cc3)N3c4ccccc4C=C[C@@H]3C23C(=O)c2ccccc2C3=O)cc1. The minimum Gasteiger partial charge on any atom is -0.352 e. The highest BCUT2D eigenvalue weighted by molar-refractivity contribution is 6.32. The van der Waals surface area contributed by atoms with Gasteiger partial charge in [0.15, 0.2) is 17.3 Å². The predicted octanol–water partition coefficient (Wildman–Crippen LogP) is 7.27. The summed E-state index contributed by atoms with van der Waals surface area (Å²) in [5, 5.41) is 0. The van der Waals surface area contributed by atoms with Crippen LogP contribution < -0.4 is 4.90 Å². The minimum absolute atomic E-state index is 0.258. The molecule has 4 aromatic carbocycles. The molecular weight excluding hydrogens is 513 g/mol. The fraction of sp³-hybridized carbons (Fsp3) is 0.194. The van der Waals surface area contributed by atoms with Gasteiger partial charge in [-0.3, -0.25) is 14.4 Å². The molecule has 1 aliphatic carbocycles.